The van der Waals surface area contributed by atoms with Gasteiger partial charge in [-0.25, -0.2) is 4.98 Å². The van der Waals surface area contributed by atoms with Crippen molar-refractivity contribution in [1.29, 1.82) is 0 Å². The van der Waals surface area contributed by atoms with Crippen LogP contribution in [0.1, 0.15) is 52.8 Å². The van der Waals surface area contributed by atoms with E-state index in [2.05, 4.69) is 4.98 Å². The fourth-order valence-corrected chi connectivity index (χ4v) is 4.82. The number of nitrogens with zero attached hydrogens (tertiary/aromatic N) is 2. The summed E-state index contributed by atoms with van der Waals surface area (Å²) in [5.74, 6) is -0.947. The minimum atomic E-state index is -0.928. The topological polar surface area (TPSA) is 79.7 Å². The monoisotopic (exact) mass is 386 g/mol. The van der Waals surface area contributed by atoms with Crippen molar-refractivity contribution in [2.45, 2.75) is 37.2 Å². The van der Waals surface area contributed by atoms with Crippen LogP contribution in [0.5, 0.6) is 0 Å². The highest BCUT2D eigenvalue weighted by molar-refractivity contribution is 7.09. The summed E-state index contributed by atoms with van der Waals surface area (Å²) in [4.78, 5) is 31.1. The Morgan fingerprint density at radius 3 is 2.59 bits per heavy atom. The van der Waals surface area contributed by atoms with Gasteiger partial charge in [0.1, 0.15) is 16.8 Å². The maximum Gasteiger partial charge on any atom is 0.314 e. The molecule has 142 valence electrons. The summed E-state index contributed by atoms with van der Waals surface area (Å²) < 4.78 is 5.64. The van der Waals surface area contributed by atoms with Gasteiger partial charge >= 0.3 is 5.97 Å². The summed E-state index contributed by atoms with van der Waals surface area (Å²) in [5.41, 5.74) is 0.315. The number of ether oxygens (including phenoxy) is 1. The Balaban J connectivity index is 1.47. The van der Waals surface area contributed by atoms with Gasteiger partial charge < -0.3 is 14.7 Å². The van der Waals surface area contributed by atoms with Gasteiger partial charge in [0.2, 0.25) is 0 Å². The van der Waals surface area contributed by atoms with Gasteiger partial charge in [0.15, 0.2) is 0 Å². The molecule has 27 heavy (non-hydrogen) atoms. The van der Waals surface area contributed by atoms with Crippen LogP contribution in [0.15, 0.2) is 35.7 Å². The zero-order valence-electron chi connectivity index (χ0n) is 15.0. The lowest BCUT2D eigenvalue weighted by Crippen LogP contribution is -2.49. The molecule has 2 saturated heterocycles. The summed E-state index contributed by atoms with van der Waals surface area (Å²) in [6.07, 6.45) is 2.79. The molecule has 6 nitrogen and oxygen atoms in total. The van der Waals surface area contributed by atoms with Crippen LogP contribution in [0.3, 0.4) is 0 Å². The smallest absolute Gasteiger partial charge is 0.314 e. The van der Waals surface area contributed by atoms with Crippen molar-refractivity contribution in [3.8, 4) is 0 Å². The summed E-state index contributed by atoms with van der Waals surface area (Å²) >= 11 is 1.46. The van der Waals surface area contributed by atoms with E-state index in [4.69, 9.17) is 4.74 Å². The average Bonchev–Trinajstić information content (AvgIpc) is 3.39. The van der Waals surface area contributed by atoms with E-state index in [1.165, 1.54) is 11.3 Å². The number of amides is 1. The predicted molar refractivity (Wildman–Crippen MR) is 101 cm³/mol. The highest BCUT2D eigenvalue weighted by Gasteiger charge is 2.44. The van der Waals surface area contributed by atoms with Crippen molar-refractivity contribution in [2.24, 2.45) is 0 Å². The van der Waals surface area contributed by atoms with Crippen LogP contribution in [0.4, 0.5) is 0 Å². The van der Waals surface area contributed by atoms with E-state index < -0.39 is 11.4 Å². The largest absolute Gasteiger partial charge is 0.481 e. The molecule has 1 N–H and O–H groups in total. The zero-order chi connectivity index (χ0) is 18.9. The van der Waals surface area contributed by atoms with Gasteiger partial charge in [-0.15, -0.1) is 11.3 Å². The maximum absolute atomic E-state index is 12.8. The van der Waals surface area contributed by atoms with Crippen molar-refractivity contribution in [3.63, 3.8) is 0 Å². The van der Waals surface area contributed by atoms with Gasteiger partial charge in [0, 0.05) is 25.1 Å². The van der Waals surface area contributed by atoms with Crippen LogP contribution < -0.4 is 0 Å². The second-order valence-corrected chi connectivity index (χ2v) is 8.01. The lowest BCUT2D eigenvalue weighted by Gasteiger charge is -2.39. The molecule has 0 radical (unpaired) electrons. The molecule has 0 spiro atoms. The Hall–Kier alpha value is -2.25. The van der Waals surface area contributed by atoms with Crippen molar-refractivity contribution < 1.29 is 19.4 Å². The minimum absolute atomic E-state index is 0.00986. The molecule has 3 heterocycles. The molecule has 0 aliphatic carbocycles. The zero-order valence-corrected chi connectivity index (χ0v) is 15.8. The van der Waals surface area contributed by atoms with Crippen molar-refractivity contribution in [1.82, 2.24) is 9.88 Å². The van der Waals surface area contributed by atoms with Crippen molar-refractivity contribution in [2.75, 3.05) is 19.7 Å². The highest BCUT2D eigenvalue weighted by Crippen LogP contribution is 2.36. The number of likely N-dealkylation sites (tertiary alicyclic amines) is 1. The highest BCUT2D eigenvalue weighted by atomic mass is 32.1. The minimum Gasteiger partial charge on any atom is -0.481 e. The van der Waals surface area contributed by atoms with Gasteiger partial charge in [0.05, 0.1) is 5.41 Å². The van der Waals surface area contributed by atoms with Crippen LogP contribution in [0.25, 0.3) is 0 Å². The number of hydrogen-bond donors (Lipinski definition) is 1. The van der Waals surface area contributed by atoms with Crippen molar-refractivity contribution in [3.05, 3.63) is 52.0 Å². The molecule has 0 bridgehead atoms. The molecule has 2 aliphatic heterocycles. The van der Waals surface area contributed by atoms with Crippen molar-refractivity contribution >= 4 is 23.2 Å². The second kappa shape index (κ2) is 7.40. The van der Waals surface area contributed by atoms with E-state index in [0.717, 1.165) is 30.0 Å². The van der Waals surface area contributed by atoms with Crippen LogP contribution >= 0.6 is 11.3 Å². The Morgan fingerprint density at radius 1 is 1.22 bits per heavy atom. The number of carboxylic acids is 1. The van der Waals surface area contributed by atoms with Gasteiger partial charge in [-0.3, -0.25) is 9.59 Å². The first-order valence-electron chi connectivity index (χ1n) is 9.25. The van der Waals surface area contributed by atoms with Crippen LogP contribution in [-0.4, -0.2) is 46.6 Å². The van der Waals surface area contributed by atoms with E-state index in [0.29, 0.717) is 31.6 Å². The van der Waals surface area contributed by atoms with E-state index >= 15 is 0 Å². The molecule has 4 rings (SSSR count). The van der Waals surface area contributed by atoms with Gasteiger partial charge in [-0.2, -0.15) is 0 Å². The number of aliphatic carboxylic acids is 1. The molecule has 1 atom stereocenters. The molecular formula is C20H22N2O4S. The normalized spacial score (nSPS) is 21.9. The number of hydrogen-bond acceptors (Lipinski definition) is 5. The SMILES string of the molecule is O=C(c1csc(C2CCCO2)n1)N1CCC(C(=O)O)(c2ccccc2)CC1. The summed E-state index contributed by atoms with van der Waals surface area (Å²) in [5, 5.41) is 12.5. The molecule has 1 unspecified atom stereocenters. The van der Waals surface area contributed by atoms with Crippen LogP contribution in [0.2, 0.25) is 0 Å². The molecular weight excluding hydrogens is 364 g/mol. The number of benzene rings is 1. The van der Waals surface area contributed by atoms with E-state index in [9.17, 15) is 14.7 Å². The molecule has 2 aliphatic rings. The molecule has 7 heteroatoms. The van der Waals surface area contributed by atoms with Gasteiger partial charge in [-0.05, 0) is 31.2 Å². The Bertz CT molecular complexity index is 822. The summed E-state index contributed by atoms with van der Waals surface area (Å²) in [6, 6.07) is 9.32. The number of thiazole rings is 1. The lowest BCUT2D eigenvalue weighted by molar-refractivity contribution is -0.145. The molecule has 2 fully saturated rings. The number of carboxylic acid groups (broad SMARTS) is 1. The van der Waals surface area contributed by atoms with E-state index in [1.807, 2.05) is 30.3 Å². The number of piperidine rings is 1. The lowest BCUT2D eigenvalue weighted by atomic mass is 9.73. The van der Waals surface area contributed by atoms with Gasteiger partial charge in [-0.1, -0.05) is 30.3 Å². The van der Waals surface area contributed by atoms with E-state index in [1.54, 1.807) is 10.3 Å². The molecule has 2 aromatic rings. The van der Waals surface area contributed by atoms with E-state index in [-0.39, 0.29) is 12.0 Å². The third kappa shape index (κ3) is 3.37. The third-order valence-corrected chi connectivity index (χ3v) is 6.52. The Kier molecular flexibility index (Phi) is 4.97. The number of carbonyl (C=O) groups excluding carboxylic acids is 1. The summed E-state index contributed by atoms with van der Waals surface area (Å²) in [7, 11) is 0. The summed E-state index contributed by atoms with van der Waals surface area (Å²) in [6.45, 7) is 1.57. The van der Waals surface area contributed by atoms with Crippen LogP contribution in [0, 0.1) is 0 Å². The second-order valence-electron chi connectivity index (χ2n) is 7.12. The number of carbonyl (C=O) groups is 2. The molecule has 0 saturated carbocycles. The average molecular weight is 386 g/mol. The quantitative estimate of drug-likeness (QED) is 0.872. The maximum atomic E-state index is 12.8. The standard InChI is InChI=1S/C20H22N2O4S/c23-18(15-13-27-17(21-15)16-7-4-12-26-16)22-10-8-20(9-11-22,19(24)25)14-5-2-1-3-6-14/h1-3,5-6,13,16H,4,7-12H2,(H,24,25). The first-order chi connectivity index (χ1) is 13.1. The fourth-order valence-electron chi connectivity index (χ4n) is 3.94. The first-order valence-corrected chi connectivity index (χ1v) is 10.1. The Labute approximate surface area is 161 Å². The predicted octanol–water partition coefficient (Wildman–Crippen LogP) is 3.25. The third-order valence-electron chi connectivity index (χ3n) is 5.59. The van der Waals surface area contributed by atoms with Crippen LogP contribution in [-0.2, 0) is 14.9 Å². The molecule has 1 aromatic carbocycles. The number of rotatable bonds is 4. The Morgan fingerprint density at radius 2 is 1.96 bits per heavy atom. The molecule has 1 aromatic heterocycles. The number of aromatic nitrogens is 1. The first kappa shape index (κ1) is 18.1. The molecule has 1 amide bonds. The van der Waals surface area contributed by atoms with Gasteiger partial charge in [0.25, 0.3) is 5.91 Å². The fraction of sp³-hybridized carbons (Fsp3) is 0.450.